The molecule has 2 aromatic rings. The third kappa shape index (κ3) is 4.07. The summed E-state index contributed by atoms with van der Waals surface area (Å²) in [5, 5.41) is 3.43. The summed E-state index contributed by atoms with van der Waals surface area (Å²) in [6.45, 7) is 3.82. The van der Waals surface area contributed by atoms with Crippen LogP contribution in [0, 0.1) is 6.92 Å². The van der Waals surface area contributed by atoms with Gasteiger partial charge in [-0.1, -0.05) is 23.8 Å². The maximum atomic E-state index is 5.36. The molecule has 0 radical (unpaired) electrons. The van der Waals surface area contributed by atoms with Crippen LogP contribution in [0.5, 0.6) is 5.75 Å². The number of aromatic nitrogens is 1. The molecule has 3 nitrogen and oxygen atoms in total. The van der Waals surface area contributed by atoms with Crippen molar-refractivity contribution in [3.63, 3.8) is 0 Å². The van der Waals surface area contributed by atoms with Gasteiger partial charge in [0.1, 0.15) is 5.75 Å². The van der Waals surface area contributed by atoms with Crippen molar-refractivity contribution in [2.75, 3.05) is 13.7 Å². The number of benzene rings is 1. The van der Waals surface area contributed by atoms with Crippen molar-refractivity contribution in [1.82, 2.24) is 10.3 Å². The van der Waals surface area contributed by atoms with Gasteiger partial charge in [-0.3, -0.25) is 4.98 Å². The van der Waals surface area contributed by atoms with E-state index in [2.05, 4.69) is 35.4 Å². The van der Waals surface area contributed by atoms with Crippen molar-refractivity contribution in [3.8, 4) is 5.75 Å². The first-order valence-electron chi connectivity index (χ1n) is 6.54. The molecule has 0 amide bonds. The van der Waals surface area contributed by atoms with E-state index in [0.717, 1.165) is 31.0 Å². The number of aryl methyl sites for hydroxylation is 1. The lowest BCUT2D eigenvalue weighted by atomic mass is 10.1. The molecule has 0 aliphatic carbocycles. The van der Waals surface area contributed by atoms with E-state index < -0.39 is 0 Å². The highest BCUT2D eigenvalue weighted by atomic mass is 16.5. The van der Waals surface area contributed by atoms with E-state index in [1.807, 2.05) is 24.4 Å². The second-order valence-electron chi connectivity index (χ2n) is 4.56. The first-order valence-corrected chi connectivity index (χ1v) is 6.54. The number of ether oxygens (including phenoxy) is 1. The Labute approximate surface area is 114 Å². The maximum absolute atomic E-state index is 5.36. The van der Waals surface area contributed by atoms with Gasteiger partial charge in [0.25, 0.3) is 0 Å². The number of nitrogens with zero attached hydrogens (tertiary/aromatic N) is 1. The average Bonchev–Trinajstić information content (AvgIpc) is 2.45. The molecule has 1 aromatic heterocycles. The van der Waals surface area contributed by atoms with E-state index in [4.69, 9.17) is 4.74 Å². The summed E-state index contributed by atoms with van der Waals surface area (Å²) in [7, 11) is 1.71. The molecule has 3 heteroatoms. The van der Waals surface area contributed by atoms with Gasteiger partial charge in [0.2, 0.25) is 0 Å². The second kappa shape index (κ2) is 6.90. The predicted octanol–water partition coefficient (Wildman–Crippen LogP) is 2.73. The minimum absolute atomic E-state index is 0.817. The maximum Gasteiger partial charge on any atom is 0.123 e. The lowest BCUT2D eigenvalue weighted by Crippen LogP contribution is -2.17. The first kappa shape index (κ1) is 13.6. The van der Waals surface area contributed by atoms with Gasteiger partial charge < -0.3 is 10.1 Å². The van der Waals surface area contributed by atoms with Gasteiger partial charge in [0, 0.05) is 37.0 Å². The minimum Gasteiger partial charge on any atom is -0.496 e. The molecular weight excluding hydrogens is 236 g/mol. The normalized spacial score (nSPS) is 10.4. The summed E-state index contributed by atoms with van der Waals surface area (Å²) in [5.41, 5.74) is 3.57. The Morgan fingerprint density at radius 3 is 2.84 bits per heavy atom. The van der Waals surface area contributed by atoms with Crippen LogP contribution in [0.15, 0.2) is 42.6 Å². The number of pyridine rings is 1. The van der Waals surface area contributed by atoms with Crippen LogP contribution in [0.2, 0.25) is 0 Å². The van der Waals surface area contributed by atoms with Crippen molar-refractivity contribution in [1.29, 1.82) is 0 Å². The van der Waals surface area contributed by atoms with Crippen molar-refractivity contribution < 1.29 is 4.74 Å². The van der Waals surface area contributed by atoms with E-state index in [9.17, 15) is 0 Å². The Bertz CT molecular complexity index is 511. The third-order valence-electron chi connectivity index (χ3n) is 3.04. The molecule has 100 valence electrons. The lowest BCUT2D eigenvalue weighted by Gasteiger charge is -2.10. The topological polar surface area (TPSA) is 34.1 Å². The number of hydrogen-bond donors (Lipinski definition) is 1. The van der Waals surface area contributed by atoms with Crippen LogP contribution in [-0.4, -0.2) is 18.6 Å². The second-order valence-corrected chi connectivity index (χ2v) is 4.56. The molecule has 0 unspecified atom stereocenters. The number of methoxy groups -OCH3 is 1. The molecule has 1 aromatic carbocycles. The van der Waals surface area contributed by atoms with E-state index in [-0.39, 0.29) is 0 Å². The van der Waals surface area contributed by atoms with Crippen molar-refractivity contribution in [3.05, 3.63) is 59.4 Å². The van der Waals surface area contributed by atoms with E-state index >= 15 is 0 Å². The highest BCUT2D eigenvalue weighted by Gasteiger charge is 2.02. The van der Waals surface area contributed by atoms with Crippen LogP contribution >= 0.6 is 0 Å². The molecule has 1 N–H and O–H groups in total. The summed E-state index contributed by atoms with van der Waals surface area (Å²) in [6.07, 6.45) is 2.77. The molecular formula is C16H20N2O. The highest BCUT2D eigenvalue weighted by molar-refractivity contribution is 5.36. The van der Waals surface area contributed by atoms with Gasteiger partial charge in [-0.2, -0.15) is 0 Å². The number of hydrogen-bond acceptors (Lipinski definition) is 3. The fourth-order valence-electron chi connectivity index (χ4n) is 2.03. The molecule has 0 saturated carbocycles. The average molecular weight is 256 g/mol. The van der Waals surface area contributed by atoms with Gasteiger partial charge in [0.15, 0.2) is 0 Å². The van der Waals surface area contributed by atoms with Gasteiger partial charge in [-0.15, -0.1) is 0 Å². The Balaban J connectivity index is 1.84. The first-order chi connectivity index (χ1) is 9.29. The largest absolute Gasteiger partial charge is 0.496 e. The Kier molecular flexibility index (Phi) is 4.93. The fraction of sp³-hybridized carbons (Fsp3) is 0.312. The van der Waals surface area contributed by atoms with Crippen LogP contribution in [0.1, 0.15) is 16.8 Å². The van der Waals surface area contributed by atoms with Gasteiger partial charge in [-0.25, -0.2) is 0 Å². The van der Waals surface area contributed by atoms with Crippen LogP contribution < -0.4 is 10.1 Å². The lowest BCUT2D eigenvalue weighted by molar-refractivity contribution is 0.407. The van der Waals surface area contributed by atoms with E-state index in [1.165, 1.54) is 11.1 Å². The molecule has 0 spiro atoms. The molecule has 0 bridgehead atoms. The Hall–Kier alpha value is -1.87. The summed E-state index contributed by atoms with van der Waals surface area (Å²) < 4.78 is 5.36. The van der Waals surface area contributed by atoms with Crippen LogP contribution in [0.25, 0.3) is 0 Å². The SMILES string of the molecule is COc1ccc(C)cc1CNCCc1ccccn1. The number of nitrogens with one attached hydrogen (secondary N) is 1. The zero-order valence-corrected chi connectivity index (χ0v) is 11.5. The highest BCUT2D eigenvalue weighted by Crippen LogP contribution is 2.19. The van der Waals surface area contributed by atoms with Gasteiger partial charge >= 0.3 is 0 Å². The van der Waals surface area contributed by atoms with Crippen LogP contribution in [-0.2, 0) is 13.0 Å². The zero-order chi connectivity index (χ0) is 13.5. The van der Waals surface area contributed by atoms with E-state index in [0.29, 0.717) is 0 Å². The summed E-state index contributed by atoms with van der Waals surface area (Å²) in [6, 6.07) is 12.3. The smallest absolute Gasteiger partial charge is 0.123 e. The minimum atomic E-state index is 0.817. The van der Waals surface area contributed by atoms with Crippen LogP contribution in [0.4, 0.5) is 0 Å². The van der Waals surface area contributed by atoms with E-state index in [1.54, 1.807) is 7.11 Å². The van der Waals surface area contributed by atoms with Gasteiger partial charge in [-0.05, 0) is 25.1 Å². The van der Waals surface area contributed by atoms with Gasteiger partial charge in [0.05, 0.1) is 7.11 Å². The monoisotopic (exact) mass is 256 g/mol. The van der Waals surface area contributed by atoms with Crippen molar-refractivity contribution in [2.45, 2.75) is 19.9 Å². The molecule has 1 heterocycles. The summed E-state index contributed by atoms with van der Waals surface area (Å²) >= 11 is 0. The standard InChI is InChI=1S/C16H20N2O/c1-13-6-7-16(19-2)14(11-13)12-17-10-8-15-5-3-4-9-18-15/h3-7,9,11,17H,8,10,12H2,1-2H3. The molecule has 0 aliphatic rings. The Morgan fingerprint density at radius 1 is 1.21 bits per heavy atom. The summed E-state index contributed by atoms with van der Waals surface area (Å²) in [5.74, 6) is 0.941. The molecule has 2 rings (SSSR count). The van der Waals surface area contributed by atoms with Crippen LogP contribution in [0.3, 0.4) is 0 Å². The fourth-order valence-corrected chi connectivity index (χ4v) is 2.03. The quantitative estimate of drug-likeness (QED) is 0.807. The molecule has 0 aliphatic heterocycles. The number of rotatable bonds is 6. The Morgan fingerprint density at radius 2 is 2.11 bits per heavy atom. The third-order valence-corrected chi connectivity index (χ3v) is 3.04. The molecule has 0 atom stereocenters. The summed E-state index contributed by atoms with van der Waals surface area (Å²) in [4.78, 5) is 4.31. The zero-order valence-electron chi connectivity index (χ0n) is 11.5. The predicted molar refractivity (Wildman–Crippen MR) is 77.4 cm³/mol. The van der Waals surface area contributed by atoms with Crippen molar-refractivity contribution >= 4 is 0 Å². The molecule has 0 saturated heterocycles. The van der Waals surface area contributed by atoms with Crippen molar-refractivity contribution in [2.24, 2.45) is 0 Å². The molecule has 0 fully saturated rings. The molecule has 19 heavy (non-hydrogen) atoms.